The second-order valence-electron chi connectivity index (χ2n) is 5.94. The molecule has 0 aliphatic rings. The summed E-state index contributed by atoms with van der Waals surface area (Å²) < 4.78 is 2.99. The largest absolute Gasteiger partial charge is 0.396 e. The molecule has 27 heavy (non-hydrogen) atoms. The molecule has 0 amide bonds. The lowest BCUT2D eigenvalue weighted by atomic mass is 10.0. The summed E-state index contributed by atoms with van der Waals surface area (Å²) in [7, 11) is 1.73. The van der Waals surface area contributed by atoms with E-state index in [2.05, 4.69) is 36.5 Å². The molecule has 6 nitrogen and oxygen atoms in total. The number of nitrogens with one attached hydrogen (secondary N) is 2. The molecule has 1 atom stereocenters. The summed E-state index contributed by atoms with van der Waals surface area (Å²) >= 11 is 3.46. The molecule has 2 heterocycles. The third-order valence-corrected chi connectivity index (χ3v) is 4.60. The van der Waals surface area contributed by atoms with E-state index in [4.69, 9.17) is 0 Å². The molecule has 1 aromatic carbocycles. The van der Waals surface area contributed by atoms with Gasteiger partial charge in [-0.25, -0.2) is 4.98 Å². The van der Waals surface area contributed by atoms with Crippen molar-refractivity contribution in [2.24, 2.45) is 4.99 Å². The molecule has 0 fully saturated rings. The number of rotatable bonds is 6. The molecular weight excluding hydrogens is 521 g/mol. The van der Waals surface area contributed by atoms with E-state index in [-0.39, 0.29) is 36.5 Å². The first-order chi connectivity index (χ1) is 12.7. The van der Waals surface area contributed by atoms with Gasteiger partial charge in [-0.2, -0.15) is 0 Å². The molecule has 3 N–H and O–H groups in total. The van der Waals surface area contributed by atoms with Crippen LogP contribution in [-0.2, 0) is 6.54 Å². The third kappa shape index (κ3) is 5.91. The van der Waals surface area contributed by atoms with Gasteiger partial charge in [-0.05, 0) is 33.6 Å². The highest BCUT2D eigenvalue weighted by Crippen LogP contribution is 2.14. The lowest BCUT2D eigenvalue weighted by Gasteiger charge is -2.17. The number of nitrogens with zero attached hydrogens (tertiary/aromatic N) is 3. The lowest BCUT2D eigenvalue weighted by molar-refractivity contribution is 0.265. The Morgan fingerprint density at radius 2 is 1.96 bits per heavy atom. The van der Waals surface area contributed by atoms with Gasteiger partial charge in [0.1, 0.15) is 5.65 Å². The summed E-state index contributed by atoms with van der Waals surface area (Å²) in [6.07, 6.45) is 3.96. The summed E-state index contributed by atoms with van der Waals surface area (Å²) in [4.78, 5) is 8.82. The van der Waals surface area contributed by atoms with Gasteiger partial charge in [-0.15, -0.1) is 24.0 Å². The summed E-state index contributed by atoms with van der Waals surface area (Å²) in [5.41, 5.74) is 2.93. The van der Waals surface area contributed by atoms with Crippen molar-refractivity contribution in [3.63, 3.8) is 0 Å². The van der Waals surface area contributed by atoms with Crippen LogP contribution in [0.2, 0.25) is 0 Å². The van der Waals surface area contributed by atoms with Gasteiger partial charge in [0.15, 0.2) is 5.96 Å². The number of aromatic nitrogens is 2. The standard InChI is InChI=1S/C19H22BrN5O.HI/c1-21-19(22-9-15(13-26)14-5-3-2-4-6-14)23-10-17-12-25-11-16(20)7-8-18(25)24-17;/h2-8,11-12,15,26H,9-10,13H2,1H3,(H2,21,22,23);1H. The smallest absolute Gasteiger partial charge is 0.191 e. The first kappa shape index (κ1) is 21.6. The highest BCUT2D eigenvalue weighted by atomic mass is 127. The average molecular weight is 544 g/mol. The van der Waals surface area contributed by atoms with Gasteiger partial charge in [0, 0.05) is 36.4 Å². The van der Waals surface area contributed by atoms with Crippen LogP contribution in [0.25, 0.3) is 5.65 Å². The SMILES string of the molecule is CN=C(NCc1cn2cc(Br)ccc2n1)NCC(CO)c1ccccc1.I. The molecule has 0 saturated heterocycles. The van der Waals surface area contributed by atoms with Gasteiger partial charge in [-0.3, -0.25) is 4.99 Å². The maximum absolute atomic E-state index is 9.66. The van der Waals surface area contributed by atoms with Crippen LogP contribution in [-0.4, -0.2) is 40.7 Å². The monoisotopic (exact) mass is 543 g/mol. The Kier molecular flexibility index (Phi) is 8.52. The molecule has 8 heteroatoms. The van der Waals surface area contributed by atoms with E-state index in [0.29, 0.717) is 19.0 Å². The van der Waals surface area contributed by atoms with E-state index in [1.54, 1.807) is 7.05 Å². The minimum Gasteiger partial charge on any atom is -0.396 e. The maximum atomic E-state index is 9.66. The maximum Gasteiger partial charge on any atom is 0.191 e. The first-order valence-electron chi connectivity index (χ1n) is 8.43. The Morgan fingerprint density at radius 3 is 2.67 bits per heavy atom. The summed E-state index contributed by atoms with van der Waals surface area (Å²) in [6, 6.07) is 13.9. The summed E-state index contributed by atoms with van der Waals surface area (Å²) in [6.45, 7) is 1.24. The number of imidazole rings is 1. The van der Waals surface area contributed by atoms with Gasteiger partial charge in [-0.1, -0.05) is 30.3 Å². The van der Waals surface area contributed by atoms with Gasteiger partial charge in [0.25, 0.3) is 0 Å². The third-order valence-electron chi connectivity index (χ3n) is 4.13. The fourth-order valence-electron chi connectivity index (χ4n) is 2.73. The Bertz CT molecular complexity index is 884. The quantitative estimate of drug-likeness (QED) is 0.254. The van der Waals surface area contributed by atoms with Crippen LogP contribution in [0, 0.1) is 0 Å². The Labute approximate surface area is 184 Å². The Balaban J connectivity index is 0.00000261. The van der Waals surface area contributed by atoms with Crippen molar-refractivity contribution in [1.29, 1.82) is 0 Å². The molecule has 3 rings (SSSR count). The molecular formula is C19H23BrIN5O. The van der Waals surface area contributed by atoms with Crippen LogP contribution in [0.5, 0.6) is 0 Å². The minimum atomic E-state index is 0. The number of pyridine rings is 1. The Hall–Kier alpha value is -1.65. The van der Waals surface area contributed by atoms with Crippen molar-refractivity contribution in [3.05, 3.63) is 70.6 Å². The van der Waals surface area contributed by atoms with Crippen molar-refractivity contribution < 1.29 is 5.11 Å². The van der Waals surface area contributed by atoms with E-state index in [9.17, 15) is 5.11 Å². The molecule has 144 valence electrons. The highest BCUT2D eigenvalue weighted by molar-refractivity contribution is 14.0. The topological polar surface area (TPSA) is 74.0 Å². The molecule has 2 aromatic heterocycles. The van der Waals surface area contributed by atoms with Gasteiger partial charge < -0.3 is 20.1 Å². The summed E-state index contributed by atoms with van der Waals surface area (Å²) in [5.74, 6) is 0.694. The van der Waals surface area contributed by atoms with Crippen LogP contribution in [0.3, 0.4) is 0 Å². The van der Waals surface area contributed by atoms with Crippen molar-refractivity contribution in [2.75, 3.05) is 20.2 Å². The zero-order valence-corrected chi connectivity index (χ0v) is 18.9. The fourth-order valence-corrected chi connectivity index (χ4v) is 3.08. The number of benzene rings is 1. The van der Waals surface area contributed by atoms with E-state index in [1.165, 1.54) is 0 Å². The van der Waals surface area contributed by atoms with Gasteiger partial charge >= 0.3 is 0 Å². The summed E-state index contributed by atoms with van der Waals surface area (Å²) in [5, 5.41) is 16.2. The molecule has 1 unspecified atom stereocenters. The van der Waals surface area contributed by atoms with Crippen LogP contribution >= 0.6 is 39.9 Å². The van der Waals surface area contributed by atoms with Crippen molar-refractivity contribution in [2.45, 2.75) is 12.5 Å². The van der Waals surface area contributed by atoms with Crippen LogP contribution in [0.15, 0.2) is 64.3 Å². The number of aliphatic imine (C=N–C) groups is 1. The number of fused-ring (bicyclic) bond motifs is 1. The zero-order chi connectivity index (χ0) is 18.4. The van der Waals surface area contributed by atoms with Gasteiger partial charge in [0.05, 0.1) is 18.8 Å². The number of hydrogen-bond donors (Lipinski definition) is 3. The first-order valence-corrected chi connectivity index (χ1v) is 9.22. The molecule has 3 aromatic rings. The van der Waals surface area contributed by atoms with Crippen molar-refractivity contribution in [3.8, 4) is 0 Å². The number of guanidine groups is 1. The second-order valence-corrected chi connectivity index (χ2v) is 6.86. The van der Waals surface area contributed by atoms with Gasteiger partial charge in [0.2, 0.25) is 0 Å². The molecule has 0 bridgehead atoms. The molecule has 0 aliphatic heterocycles. The zero-order valence-electron chi connectivity index (χ0n) is 15.0. The van der Waals surface area contributed by atoms with Crippen molar-refractivity contribution in [1.82, 2.24) is 20.0 Å². The molecule has 0 aliphatic carbocycles. The number of aliphatic hydroxyl groups is 1. The van der Waals surface area contributed by atoms with E-state index in [1.807, 2.05) is 59.3 Å². The normalized spacial score (nSPS) is 12.5. The van der Waals surface area contributed by atoms with Crippen molar-refractivity contribution >= 4 is 51.5 Å². The Morgan fingerprint density at radius 1 is 1.19 bits per heavy atom. The predicted molar refractivity (Wildman–Crippen MR) is 123 cm³/mol. The molecule has 0 saturated carbocycles. The molecule has 0 spiro atoms. The van der Waals surface area contributed by atoms with Crippen LogP contribution in [0.4, 0.5) is 0 Å². The lowest BCUT2D eigenvalue weighted by Crippen LogP contribution is -2.39. The van der Waals surface area contributed by atoms with E-state index in [0.717, 1.165) is 21.4 Å². The van der Waals surface area contributed by atoms with E-state index < -0.39 is 0 Å². The second kappa shape index (κ2) is 10.6. The highest BCUT2D eigenvalue weighted by Gasteiger charge is 2.11. The number of hydrogen-bond acceptors (Lipinski definition) is 3. The number of halogens is 2. The predicted octanol–water partition coefficient (Wildman–Crippen LogP) is 3.16. The average Bonchev–Trinajstić information content (AvgIpc) is 3.07. The molecule has 0 radical (unpaired) electrons. The number of aliphatic hydroxyl groups excluding tert-OH is 1. The van der Waals surface area contributed by atoms with Crippen LogP contribution in [0.1, 0.15) is 17.2 Å². The minimum absolute atomic E-state index is 0. The van der Waals surface area contributed by atoms with Crippen LogP contribution < -0.4 is 10.6 Å². The van der Waals surface area contributed by atoms with E-state index >= 15 is 0 Å². The fraction of sp³-hybridized carbons (Fsp3) is 0.263.